The summed E-state index contributed by atoms with van der Waals surface area (Å²) in [5.74, 6) is 0.227. The lowest BCUT2D eigenvalue weighted by atomic mass is 10.2. The molecule has 0 fully saturated rings. The van der Waals surface area contributed by atoms with Gasteiger partial charge in [0.05, 0.1) is 12.1 Å². The second kappa shape index (κ2) is 6.21. The first-order valence-electron chi connectivity index (χ1n) is 6.48. The summed E-state index contributed by atoms with van der Waals surface area (Å²) < 4.78 is 7.04. The van der Waals surface area contributed by atoms with Crippen LogP contribution in [0.25, 0.3) is 0 Å². The Hall–Kier alpha value is -2.63. The van der Waals surface area contributed by atoms with E-state index in [0.29, 0.717) is 30.4 Å². The van der Waals surface area contributed by atoms with E-state index in [1.54, 1.807) is 30.5 Å². The molecule has 110 valence electrons. The summed E-state index contributed by atoms with van der Waals surface area (Å²) in [5, 5.41) is 8.80. The Kier molecular flexibility index (Phi) is 4.37. The van der Waals surface area contributed by atoms with Gasteiger partial charge in [0.1, 0.15) is 18.2 Å². The molecule has 1 N–H and O–H groups in total. The van der Waals surface area contributed by atoms with Crippen molar-refractivity contribution in [2.45, 2.75) is 20.4 Å². The normalized spacial score (nSPS) is 10.4. The average molecular weight is 288 g/mol. The molecule has 0 unspecified atom stereocenters. The highest BCUT2D eigenvalue weighted by atomic mass is 16.5. The third-order valence-corrected chi connectivity index (χ3v) is 3.01. The summed E-state index contributed by atoms with van der Waals surface area (Å²) >= 11 is 0. The van der Waals surface area contributed by atoms with Gasteiger partial charge in [0.2, 0.25) is 0 Å². The Labute approximate surface area is 121 Å². The predicted molar refractivity (Wildman–Crippen MR) is 76.9 cm³/mol. The monoisotopic (exact) mass is 288 g/mol. The van der Waals surface area contributed by atoms with Gasteiger partial charge in [-0.15, -0.1) is 0 Å². The van der Waals surface area contributed by atoms with Crippen LogP contribution in [0.1, 0.15) is 21.9 Å². The summed E-state index contributed by atoms with van der Waals surface area (Å²) in [5.41, 5.74) is 0.793. The van der Waals surface area contributed by atoms with Gasteiger partial charge in [0.25, 0.3) is 5.56 Å². The number of benzene rings is 1. The fraction of sp³-hybridized carbons (Fsp3) is 0.267. The number of carboxylic acid groups (broad SMARTS) is 1. The minimum atomic E-state index is -0.977. The van der Waals surface area contributed by atoms with Crippen molar-refractivity contribution in [3.63, 3.8) is 0 Å². The van der Waals surface area contributed by atoms with E-state index in [0.717, 1.165) is 0 Å². The first-order valence-corrected chi connectivity index (χ1v) is 6.48. The molecule has 0 atom stereocenters. The lowest BCUT2D eigenvalue weighted by Gasteiger charge is -2.11. The summed E-state index contributed by atoms with van der Waals surface area (Å²) in [7, 11) is 0. The molecule has 2 rings (SSSR count). The molecule has 0 aliphatic rings. The minimum Gasteiger partial charge on any atom is -0.492 e. The number of ether oxygens (including phenoxy) is 1. The van der Waals surface area contributed by atoms with E-state index in [1.807, 2.05) is 0 Å². The van der Waals surface area contributed by atoms with E-state index in [-0.39, 0.29) is 11.1 Å². The fourth-order valence-electron chi connectivity index (χ4n) is 1.98. The zero-order valence-corrected chi connectivity index (χ0v) is 11.9. The SMILES string of the molecule is Cc1cc(=O)n(CCOc2ccc(C(=O)O)cc2)c(C)n1. The van der Waals surface area contributed by atoms with Gasteiger partial charge in [-0.25, -0.2) is 9.78 Å². The molecule has 1 heterocycles. The molecule has 0 bridgehead atoms. The van der Waals surface area contributed by atoms with Gasteiger partial charge in [-0.1, -0.05) is 0 Å². The molecule has 0 aliphatic heterocycles. The summed E-state index contributed by atoms with van der Waals surface area (Å²) in [4.78, 5) is 26.8. The number of carbonyl (C=O) groups is 1. The highest BCUT2D eigenvalue weighted by molar-refractivity contribution is 5.87. The van der Waals surface area contributed by atoms with Crippen molar-refractivity contribution in [1.29, 1.82) is 0 Å². The number of aromatic nitrogens is 2. The number of carboxylic acids is 1. The van der Waals surface area contributed by atoms with Gasteiger partial charge >= 0.3 is 5.97 Å². The summed E-state index contributed by atoms with van der Waals surface area (Å²) in [6.07, 6.45) is 0. The molecular weight excluding hydrogens is 272 g/mol. The van der Waals surface area contributed by atoms with E-state index in [1.165, 1.54) is 18.2 Å². The Morgan fingerprint density at radius 1 is 1.29 bits per heavy atom. The van der Waals surface area contributed by atoms with Crippen molar-refractivity contribution < 1.29 is 14.6 Å². The van der Waals surface area contributed by atoms with Crippen LogP contribution in [-0.2, 0) is 6.54 Å². The number of aromatic carboxylic acids is 1. The Balaban J connectivity index is 1.99. The third-order valence-electron chi connectivity index (χ3n) is 3.01. The number of rotatable bonds is 5. The van der Waals surface area contributed by atoms with Gasteiger partial charge in [0.15, 0.2) is 0 Å². The molecule has 0 aliphatic carbocycles. The van der Waals surface area contributed by atoms with Crippen LogP contribution in [0, 0.1) is 13.8 Å². The van der Waals surface area contributed by atoms with Gasteiger partial charge in [-0.05, 0) is 38.1 Å². The van der Waals surface area contributed by atoms with Gasteiger partial charge < -0.3 is 9.84 Å². The van der Waals surface area contributed by atoms with Crippen LogP contribution in [0.15, 0.2) is 35.1 Å². The van der Waals surface area contributed by atoms with Crippen LogP contribution in [-0.4, -0.2) is 27.2 Å². The van der Waals surface area contributed by atoms with Gasteiger partial charge in [-0.2, -0.15) is 0 Å². The largest absolute Gasteiger partial charge is 0.492 e. The molecule has 6 nitrogen and oxygen atoms in total. The van der Waals surface area contributed by atoms with Crippen molar-refractivity contribution in [3.8, 4) is 5.75 Å². The lowest BCUT2D eigenvalue weighted by molar-refractivity contribution is 0.0697. The van der Waals surface area contributed by atoms with Crippen LogP contribution in [0.5, 0.6) is 5.75 Å². The molecule has 0 spiro atoms. The first-order chi connectivity index (χ1) is 9.97. The smallest absolute Gasteiger partial charge is 0.335 e. The van der Waals surface area contributed by atoms with Gasteiger partial charge in [-0.3, -0.25) is 9.36 Å². The molecule has 6 heteroatoms. The van der Waals surface area contributed by atoms with Crippen LogP contribution in [0.2, 0.25) is 0 Å². The zero-order valence-electron chi connectivity index (χ0n) is 11.9. The van der Waals surface area contributed by atoms with E-state index in [9.17, 15) is 9.59 Å². The number of hydrogen-bond acceptors (Lipinski definition) is 4. The Morgan fingerprint density at radius 2 is 1.95 bits per heavy atom. The number of hydrogen-bond donors (Lipinski definition) is 1. The van der Waals surface area contributed by atoms with Crippen molar-refractivity contribution in [2.24, 2.45) is 0 Å². The van der Waals surface area contributed by atoms with Crippen LogP contribution >= 0.6 is 0 Å². The second-order valence-electron chi connectivity index (χ2n) is 4.61. The van der Waals surface area contributed by atoms with Crippen molar-refractivity contribution in [3.05, 3.63) is 57.8 Å². The lowest BCUT2D eigenvalue weighted by Crippen LogP contribution is -2.26. The van der Waals surface area contributed by atoms with Crippen LogP contribution < -0.4 is 10.3 Å². The number of nitrogens with zero attached hydrogens (tertiary/aromatic N) is 2. The highest BCUT2D eigenvalue weighted by Crippen LogP contribution is 2.12. The average Bonchev–Trinajstić information content (AvgIpc) is 2.42. The predicted octanol–water partition coefficient (Wildman–Crippen LogP) is 1.64. The quantitative estimate of drug-likeness (QED) is 0.904. The van der Waals surface area contributed by atoms with Crippen LogP contribution in [0.3, 0.4) is 0 Å². The molecule has 0 amide bonds. The maximum Gasteiger partial charge on any atom is 0.335 e. The maximum absolute atomic E-state index is 11.8. The van der Waals surface area contributed by atoms with E-state index in [2.05, 4.69) is 4.98 Å². The fourth-order valence-corrected chi connectivity index (χ4v) is 1.98. The Morgan fingerprint density at radius 3 is 2.52 bits per heavy atom. The molecule has 0 saturated carbocycles. The standard InChI is InChI=1S/C15H16N2O4/c1-10-9-14(18)17(11(2)16-10)7-8-21-13-5-3-12(4-6-13)15(19)20/h3-6,9H,7-8H2,1-2H3,(H,19,20). The summed E-state index contributed by atoms with van der Waals surface area (Å²) in [6, 6.07) is 7.61. The second-order valence-corrected chi connectivity index (χ2v) is 4.61. The third kappa shape index (κ3) is 3.68. The first kappa shape index (κ1) is 14.8. The molecule has 1 aromatic carbocycles. The maximum atomic E-state index is 11.8. The molecule has 0 radical (unpaired) electrons. The Bertz CT molecular complexity index is 705. The topological polar surface area (TPSA) is 81.4 Å². The van der Waals surface area contributed by atoms with Crippen molar-refractivity contribution in [1.82, 2.24) is 9.55 Å². The number of aryl methyl sites for hydroxylation is 2. The van der Waals surface area contributed by atoms with Crippen molar-refractivity contribution >= 4 is 5.97 Å². The molecule has 0 saturated heterocycles. The van der Waals surface area contributed by atoms with Crippen LogP contribution in [0.4, 0.5) is 0 Å². The summed E-state index contributed by atoms with van der Waals surface area (Å²) in [6.45, 7) is 4.24. The molecule has 1 aromatic heterocycles. The van der Waals surface area contributed by atoms with E-state index < -0.39 is 5.97 Å². The van der Waals surface area contributed by atoms with Gasteiger partial charge in [0, 0.05) is 11.8 Å². The highest BCUT2D eigenvalue weighted by Gasteiger charge is 2.04. The minimum absolute atomic E-state index is 0.107. The van der Waals surface area contributed by atoms with E-state index >= 15 is 0 Å². The molecule has 21 heavy (non-hydrogen) atoms. The molecular formula is C15H16N2O4. The van der Waals surface area contributed by atoms with E-state index in [4.69, 9.17) is 9.84 Å². The molecule has 2 aromatic rings. The zero-order chi connectivity index (χ0) is 15.4. The van der Waals surface area contributed by atoms with Crippen molar-refractivity contribution in [2.75, 3.05) is 6.61 Å².